The molecule has 0 radical (unpaired) electrons. The highest BCUT2D eigenvalue weighted by Crippen LogP contribution is 2.22. The Bertz CT molecular complexity index is 1210. The average Bonchev–Trinajstić information content (AvgIpc) is 3.12. The molecule has 0 aliphatic rings. The van der Waals surface area contributed by atoms with E-state index >= 15 is 0 Å². The Balaban J connectivity index is 2.28. The van der Waals surface area contributed by atoms with Gasteiger partial charge in [-0.2, -0.15) is 0 Å². The number of rotatable bonds is 8. The number of nitrogens with zero attached hydrogens (tertiary/aromatic N) is 4. The summed E-state index contributed by atoms with van der Waals surface area (Å²) in [5, 5.41) is 9.73. The van der Waals surface area contributed by atoms with E-state index < -0.39 is 23.1 Å². The molecule has 0 saturated heterocycles. The third-order valence-corrected chi connectivity index (χ3v) is 5.34. The minimum absolute atomic E-state index is 0.0762. The summed E-state index contributed by atoms with van der Waals surface area (Å²) >= 11 is 5.99. The van der Waals surface area contributed by atoms with Crippen LogP contribution < -0.4 is 11.2 Å². The Morgan fingerprint density at radius 3 is 2.52 bits per heavy atom. The van der Waals surface area contributed by atoms with Crippen molar-refractivity contribution >= 4 is 28.7 Å². The Kier molecular flexibility index (Phi) is 6.97. The Morgan fingerprint density at radius 1 is 1.23 bits per heavy atom. The van der Waals surface area contributed by atoms with E-state index in [1.165, 1.54) is 11.6 Å². The molecule has 1 atom stereocenters. The molecule has 0 bridgehead atoms. The monoisotopic (exact) mass is 448 g/mol. The molecule has 1 unspecified atom stereocenters. The number of ether oxygens (including phenoxy) is 1. The fourth-order valence-corrected chi connectivity index (χ4v) is 3.58. The van der Waals surface area contributed by atoms with E-state index in [4.69, 9.17) is 21.4 Å². The summed E-state index contributed by atoms with van der Waals surface area (Å²) in [7, 11) is 1.53. The summed E-state index contributed by atoms with van der Waals surface area (Å²) in [5.74, 6) is -0.892. The number of hydrogen-bond acceptors (Lipinski definition) is 6. The van der Waals surface area contributed by atoms with Gasteiger partial charge in [0.05, 0.1) is 6.61 Å². The lowest BCUT2D eigenvalue weighted by Gasteiger charge is -2.14. The van der Waals surface area contributed by atoms with Gasteiger partial charge in [-0.15, -0.1) is 0 Å². The molecule has 0 saturated carbocycles. The molecule has 0 amide bonds. The van der Waals surface area contributed by atoms with Crippen LogP contribution in [0.4, 0.5) is 0 Å². The second kappa shape index (κ2) is 9.49. The summed E-state index contributed by atoms with van der Waals surface area (Å²) in [6, 6.07) is 7.11. The largest absolute Gasteiger partial charge is 0.465 e. The van der Waals surface area contributed by atoms with Gasteiger partial charge in [0.2, 0.25) is 0 Å². The Morgan fingerprint density at radius 2 is 1.90 bits per heavy atom. The van der Waals surface area contributed by atoms with E-state index in [2.05, 4.69) is 4.98 Å². The molecule has 166 valence electrons. The fourth-order valence-electron chi connectivity index (χ4n) is 3.45. The Hall–Kier alpha value is -2.91. The maximum absolute atomic E-state index is 13.3. The molecule has 2 aromatic heterocycles. The number of hydrogen-bond donors (Lipinski definition) is 1. The number of halogens is 1. The lowest BCUT2D eigenvalue weighted by Crippen LogP contribution is -2.40. The highest BCUT2D eigenvalue weighted by molar-refractivity contribution is 6.30. The molecule has 0 spiro atoms. The molecule has 10 heteroatoms. The number of fused-ring (bicyclic) bond motifs is 1. The molecule has 2 heterocycles. The van der Waals surface area contributed by atoms with Crippen LogP contribution in [-0.4, -0.2) is 43.0 Å². The zero-order valence-electron chi connectivity index (χ0n) is 17.7. The number of esters is 1. The van der Waals surface area contributed by atoms with E-state index in [1.807, 2.05) is 12.1 Å². The van der Waals surface area contributed by atoms with Crippen molar-refractivity contribution in [2.24, 2.45) is 7.05 Å². The predicted molar refractivity (Wildman–Crippen MR) is 117 cm³/mol. The first-order valence-electron chi connectivity index (χ1n) is 10.0. The minimum atomic E-state index is -0.750. The molecular formula is C21H25ClN4O5. The lowest BCUT2D eigenvalue weighted by atomic mass is 10.1. The van der Waals surface area contributed by atoms with Crippen LogP contribution in [0.2, 0.25) is 5.02 Å². The van der Waals surface area contributed by atoms with Gasteiger partial charge in [0, 0.05) is 31.8 Å². The summed E-state index contributed by atoms with van der Waals surface area (Å²) in [6.45, 7) is 3.76. The molecule has 1 aromatic carbocycles. The van der Waals surface area contributed by atoms with Gasteiger partial charge in [0.1, 0.15) is 11.7 Å². The number of carbonyl (C=O) groups is 1. The van der Waals surface area contributed by atoms with Crippen LogP contribution in [0.25, 0.3) is 11.2 Å². The maximum Gasteiger partial charge on any atom is 0.332 e. The van der Waals surface area contributed by atoms with Gasteiger partial charge in [-0.05, 0) is 38.0 Å². The summed E-state index contributed by atoms with van der Waals surface area (Å²) in [5.41, 5.74) is 0.195. The first kappa shape index (κ1) is 22.8. The zero-order chi connectivity index (χ0) is 22.7. The number of aliphatic hydroxyl groups is 1. The Labute approximate surface area is 183 Å². The third-order valence-electron chi connectivity index (χ3n) is 5.08. The molecule has 0 fully saturated rings. The SMILES string of the molecule is CCOC(=O)C(C)c1nc2c(c(=O)n(CCCO)c(=O)n2C)n1Cc1ccc(Cl)cc1. The van der Waals surface area contributed by atoms with E-state index in [1.54, 1.807) is 30.5 Å². The van der Waals surface area contributed by atoms with Gasteiger partial charge >= 0.3 is 11.7 Å². The quantitative estimate of drug-likeness (QED) is 0.525. The molecule has 0 aliphatic heterocycles. The standard InChI is InChI=1S/C21H25ClN4O5/c1-4-31-20(29)13(2)17-23-18-16(26(17)12-14-6-8-15(22)9-7-14)19(28)25(10-5-11-27)21(30)24(18)3/h6-9,13,27H,4-5,10-12H2,1-3H3. The van der Waals surface area contributed by atoms with Crippen molar-refractivity contribution in [2.45, 2.75) is 39.3 Å². The van der Waals surface area contributed by atoms with Crippen molar-refractivity contribution < 1.29 is 14.6 Å². The maximum atomic E-state index is 13.3. The number of aromatic nitrogens is 4. The van der Waals surface area contributed by atoms with Crippen LogP contribution in [0.15, 0.2) is 33.9 Å². The van der Waals surface area contributed by atoms with Crippen LogP contribution in [0.1, 0.15) is 37.6 Å². The van der Waals surface area contributed by atoms with Crippen molar-refractivity contribution in [2.75, 3.05) is 13.2 Å². The number of aryl methyl sites for hydroxylation is 1. The van der Waals surface area contributed by atoms with Crippen LogP contribution in [-0.2, 0) is 29.7 Å². The number of aliphatic hydroxyl groups excluding tert-OH is 1. The third kappa shape index (κ3) is 4.42. The van der Waals surface area contributed by atoms with Crippen LogP contribution in [0, 0.1) is 0 Å². The zero-order valence-corrected chi connectivity index (χ0v) is 18.4. The predicted octanol–water partition coefficient (Wildman–Crippen LogP) is 1.65. The normalized spacial score (nSPS) is 12.3. The van der Waals surface area contributed by atoms with Crippen molar-refractivity contribution in [3.05, 3.63) is 61.5 Å². The van der Waals surface area contributed by atoms with Gasteiger partial charge < -0.3 is 14.4 Å². The second-order valence-electron chi connectivity index (χ2n) is 7.20. The highest BCUT2D eigenvalue weighted by atomic mass is 35.5. The van der Waals surface area contributed by atoms with Crippen LogP contribution >= 0.6 is 11.6 Å². The lowest BCUT2D eigenvalue weighted by molar-refractivity contribution is -0.144. The first-order chi connectivity index (χ1) is 14.8. The van der Waals surface area contributed by atoms with Gasteiger partial charge in [-0.3, -0.25) is 18.7 Å². The van der Waals surface area contributed by atoms with Gasteiger partial charge in [0.25, 0.3) is 5.56 Å². The summed E-state index contributed by atoms with van der Waals surface area (Å²) in [6.07, 6.45) is 0.262. The van der Waals surface area contributed by atoms with Crippen LogP contribution in [0.5, 0.6) is 0 Å². The van der Waals surface area contributed by atoms with E-state index in [9.17, 15) is 14.4 Å². The topological polar surface area (TPSA) is 108 Å². The number of benzene rings is 1. The molecule has 9 nitrogen and oxygen atoms in total. The molecule has 3 rings (SSSR count). The molecule has 1 N–H and O–H groups in total. The van der Waals surface area contributed by atoms with Crippen molar-refractivity contribution in [1.29, 1.82) is 0 Å². The number of carbonyl (C=O) groups excluding carboxylic acids is 1. The molecule has 0 aliphatic carbocycles. The van der Waals surface area contributed by atoms with Crippen molar-refractivity contribution in [1.82, 2.24) is 18.7 Å². The van der Waals surface area contributed by atoms with E-state index in [-0.39, 0.29) is 43.9 Å². The van der Waals surface area contributed by atoms with Crippen molar-refractivity contribution in [3.8, 4) is 0 Å². The summed E-state index contributed by atoms with van der Waals surface area (Å²) in [4.78, 5) is 42.9. The second-order valence-corrected chi connectivity index (χ2v) is 7.64. The van der Waals surface area contributed by atoms with E-state index in [0.717, 1.165) is 10.1 Å². The highest BCUT2D eigenvalue weighted by Gasteiger charge is 2.27. The molecule has 3 aromatic rings. The molecule has 31 heavy (non-hydrogen) atoms. The summed E-state index contributed by atoms with van der Waals surface area (Å²) < 4.78 is 9.16. The average molecular weight is 449 g/mol. The minimum Gasteiger partial charge on any atom is -0.465 e. The van der Waals surface area contributed by atoms with Gasteiger partial charge in [0.15, 0.2) is 11.2 Å². The van der Waals surface area contributed by atoms with Crippen LogP contribution in [0.3, 0.4) is 0 Å². The first-order valence-corrected chi connectivity index (χ1v) is 10.4. The fraction of sp³-hybridized carbons (Fsp3) is 0.429. The van der Waals surface area contributed by atoms with Crippen molar-refractivity contribution in [3.63, 3.8) is 0 Å². The number of imidazole rings is 1. The smallest absolute Gasteiger partial charge is 0.332 e. The molecular weight excluding hydrogens is 424 g/mol. The van der Waals surface area contributed by atoms with Gasteiger partial charge in [-0.25, -0.2) is 9.78 Å². The van der Waals surface area contributed by atoms with E-state index in [0.29, 0.717) is 10.8 Å². The van der Waals surface area contributed by atoms with Gasteiger partial charge in [-0.1, -0.05) is 23.7 Å².